The molecule has 0 spiro atoms. The fourth-order valence-corrected chi connectivity index (χ4v) is 1.47. The minimum Gasteiger partial charge on any atom is -0.443 e. The van der Waals surface area contributed by atoms with Crippen molar-refractivity contribution in [3.63, 3.8) is 0 Å². The molecule has 92 valence electrons. The van der Waals surface area contributed by atoms with Crippen molar-refractivity contribution in [2.24, 2.45) is 5.84 Å². The van der Waals surface area contributed by atoms with E-state index in [-0.39, 0.29) is 5.91 Å². The largest absolute Gasteiger partial charge is 0.443 e. The zero-order chi connectivity index (χ0) is 12.6. The first-order valence-electron chi connectivity index (χ1n) is 5.22. The second-order valence-corrected chi connectivity index (χ2v) is 5.16. The van der Waals surface area contributed by atoms with Crippen molar-refractivity contribution < 1.29 is 14.3 Å². The minimum atomic E-state index is -0.864. The van der Waals surface area contributed by atoms with Gasteiger partial charge in [0, 0.05) is 6.54 Å². The monoisotopic (exact) mass is 229 g/mol. The highest BCUT2D eigenvalue weighted by Crippen LogP contribution is 2.23. The van der Waals surface area contributed by atoms with Crippen LogP contribution in [-0.4, -0.2) is 34.6 Å². The van der Waals surface area contributed by atoms with Crippen LogP contribution < -0.4 is 11.3 Å². The maximum atomic E-state index is 11.9. The Morgan fingerprint density at radius 2 is 2.12 bits per heavy atom. The molecule has 3 N–H and O–H groups in total. The van der Waals surface area contributed by atoms with Crippen LogP contribution in [0.15, 0.2) is 0 Å². The lowest BCUT2D eigenvalue weighted by Gasteiger charge is -2.25. The van der Waals surface area contributed by atoms with Crippen LogP contribution >= 0.6 is 0 Å². The third-order valence-corrected chi connectivity index (χ3v) is 2.49. The molecule has 1 fully saturated rings. The number of hydrogen-bond acceptors (Lipinski definition) is 5. The van der Waals surface area contributed by atoms with Gasteiger partial charge in [-0.3, -0.25) is 10.6 Å². The normalized spacial score (nSPS) is 26.1. The van der Waals surface area contributed by atoms with Gasteiger partial charge in [0.05, 0.1) is 0 Å². The van der Waals surface area contributed by atoms with E-state index in [0.717, 1.165) is 4.90 Å². The topological polar surface area (TPSA) is 84.7 Å². The highest BCUT2D eigenvalue weighted by atomic mass is 16.6. The number of nitrogens with one attached hydrogen (secondary N) is 1. The van der Waals surface area contributed by atoms with E-state index in [1.807, 2.05) is 0 Å². The summed E-state index contributed by atoms with van der Waals surface area (Å²) in [7, 11) is 0. The van der Waals surface area contributed by atoms with Crippen molar-refractivity contribution in [1.29, 1.82) is 0 Å². The molecule has 0 radical (unpaired) electrons. The maximum absolute atomic E-state index is 11.9. The molecular formula is C10H19N3O3. The van der Waals surface area contributed by atoms with E-state index in [9.17, 15) is 9.59 Å². The number of hydrazine groups is 1. The molecule has 0 aromatic rings. The average Bonchev–Trinajstić information content (AvgIpc) is 2.42. The second-order valence-electron chi connectivity index (χ2n) is 5.16. The van der Waals surface area contributed by atoms with Gasteiger partial charge in [0.1, 0.15) is 11.1 Å². The fraction of sp³-hybridized carbons (Fsp3) is 0.800. The van der Waals surface area contributed by atoms with Gasteiger partial charge in [-0.1, -0.05) is 0 Å². The first-order valence-corrected chi connectivity index (χ1v) is 5.22. The molecule has 0 aromatic heterocycles. The van der Waals surface area contributed by atoms with E-state index in [4.69, 9.17) is 10.6 Å². The molecule has 0 bridgehead atoms. The summed E-state index contributed by atoms with van der Waals surface area (Å²) in [6.07, 6.45) is -0.127. The SMILES string of the molecule is CC(C)(C)OC(=O)N1CCC(C)(NN)C1=O. The summed E-state index contributed by atoms with van der Waals surface area (Å²) in [6.45, 7) is 7.26. The molecule has 0 aliphatic carbocycles. The predicted molar refractivity (Wildman–Crippen MR) is 58.3 cm³/mol. The smallest absolute Gasteiger partial charge is 0.417 e. The standard InChI is InChI=1S/C10H19N3O3/c1-9(2,3)16-8(15)13-6-5-10(4,12-11)7(13)14/h12H,5-6,11H2,1-4H3. The number of imide groups is 1. The summed E-state index contributed by atoms with van der Waals surface area (Å²) in [6, 6.07) is 0. The maximum Gasteiger partial charge on any atom is 0.417 e. The molecule has 0 saturated carbocycles. The van der Waals surface area contributed by atoms with Gasteiger partial charge < -0.3 is 4.74 Å². The number of rotatable bonds is 1. The number of likely N-dealkylation sites (tertiary alicyclic amines) is 1. The molecule has 1 atom stereocenters. The Balaban J connectivity index is 2.71. The lowest BCUT2D eigenvalue weighted by molar-refractivity contribution is -0.131. The minimum absolute atomic E-state index is 0.328. The first-order chi connectivity index (χ1) is 7.19. The number of carbonyl (C=O) groups is 2. The van der Waals surface area contributed by atoms with Gasteiger partial charge >= 0.3 is 6.09 Å². The zero-order valence-electron chi connectivity index (χ0n) is 10.2. The van der Waals surface area contributed by atoms with Gasteiger partial charge in [-0.25, -0.2) is 15.1 Å². The van der Waals surface area contributed by atoms with E-state index in [2.05, 4.69) is 5.43 Å². The molecule has 6 nitrogen and oxygen atoms in total. The Kier molecular flexibility index (Phi) is 3.25. The molecule has 16 heavy (non-hydrogen) atoms. The van der Waals surface area contributed by atoms with Crippen LogP contribution in [0.3, 0.4) is 0 Å². The third-order valence-electron chi connectivity index (χ3n) is 2.49. The van der Waals surface area contributed by atoms with Gasteiger partial charge in [-0.2, -0.15) is 0 Å². The fourth-order valence-electron chi connectivity index (χ4n) is 1.47. The van der Waals surface area contributed by atoms with Crippen molar-refractivity contribution in [3.05, 3.63) is 0 Å². The Bertz CT molecular complexity index is 311. The van der Waals surface area contributed by atoms with Crippen molar-refractivity contribution in [1.82, 2.24) is 10.3 Å². The Morgan fingerprint density at radius 1 is 1.56 bits per heavy atom. The molecule has 6 heteroatoms. The number of amides is 2. The molecule has 1 aliphatic heterocycles. The van der Waals surface area contributed by atoms with E-state index >= 15 is 0 Å². The summed E-state index contributed by atoms with van der Waals surface area (Å²) in [5, 5.41) is 0. The lowest BCUT2D eigenvalue weighted by Crippen LogP contribution is -2.53. The molecule has 1 aliphatic rings. The summed E-state index contributed by atoms with van der Waals surface area (Å²) in [4.78, 5) is 24.6. The van der Waals surface area contributed by atoms with Crippen LogP contribution in [0.1, 0.15) is 34.1 Å². The Labute approximate surface area is 95.1 Å². The average molecular weight is 229 g/mol. The molecule has 1 rings (SSSR count). The van der Waals surface area contributed by atoms with Crippen LogP contribution in [0, 0.1) is 0 Å². The molecule has 2 amide bonds. The van der Waals surface area contributed by atoms with E-state index < -0.39 is 17.2 Å². The van der Waals surface area contributed by atoms with Gasteiger partial charge in [0.15, 0.2) is 0 Å². The van der Waals surface area contributed by atoms with Crippen LogP contribution in [0.4, 0.5) is 4.79 Å². The number of nitrogens with zero attached hydrogens (tertiary/aromatic N) is 1. The van der Waals surface area contributed by atoms with Gasteiger partial charge in [0.25, 0.3) is 5.91 Å². The quantitative estimate of drug-likeness (QED) is 0.501. The Morgan fingerprint density at radius 3 is 2.50 bits per heavy atom. The van der Waals surface area contributed by atoms with Crippen LogP contribution in [-0.2, 0) is 9.53 Å². The Hall–Kier alpha value is -1.14. The van der Waals surface area contributed by atoms with Crippen LogP contribution in [0.5, 0.6) is 0 Å². The van der Waals surface area contributed by atoms with Crippen LogP contribution in [0.2, 0.25) is 0 Å². The zero-order valence-corrected chi connectivity index (χ0v) is 10.2. The highest BCUT2D eigenvalue weighted by molar-refractivity contribution is 5.99. The van der Waals surface area contributed by atoms with Crippen LogP contribution in [0.25, 0.3) is 0 Å². The van der Waals surface area contributed by atoms with Crippen molar-refractivity contribution in [2.75, 3.05) is 6.54 Å². The van der Waals surface area contributed by atoms with Crippen molar-refractivity contribution in [2.45, 2.75) is 45.3 Å². The third kappa shape index (κ3) is 2.51. The van der Waals surface area contributed by atoms with E-state index in [1.165, 1.54) is 0 Å². The first kappa shape index (κ1) is 12.9. The van der Waals surface area contributed by atoms with E-state index in [0.29, 0.717) is 13.0 Å². The van der Waals surface area contributed by atoms with Gasteiger partial charge in [0.2, 0.25) is 0 Å². The second kappa shape index (κ2) is 4.03. The predicted octanol–water partition coefficient (Wildman–Crippen LogP) is 0.376. The van der Waals surface area contributed by atoms with Crippen molar-refractivity contribution >= 4 is 12.0 Å². The molecular weight excluding hydrogens is 210 g/mol. The summed E-state index contributed by atoms with van der Waals surface area (Å²) in [5.74, 6) is 4.96. The van der Waals surface area contributed by atoms with E-state index in [1.54, 1.807) is 27.7 Å². The number of ether oxygens (including phenoxy) is 1. The molecule has 1 unspecified atom stereocenters. The summed E-state index contributed by atoms with van der Waals surface area (Å²) < 4.78 is 5.13. The number of nitrogens with two attached hydrogens (primary N) is 1. The number of carbonyl (C=O) groups excluding carboxylic acids is 2. The summed E-state index contributed by atoms with van der Waals surface area (Å²) >= 11 is 0. The molecule has 1 heterocycles. The molecule has 0 aromatic carbocycles. The highest BCUT2D eigenvalue weighted by Gasteiger charge is 2.45. The number of hydrogen-bond donors (Lipinski definition) is 2. The van der Waals surface area contributed by atoms with Gasteiger partial charge in [-0.15, -0.1) is 0 Å². The van der Waals surface area contributed by atoms with Gasteiger partial charge in [-0.05, 0) is 34.1 Å². The summed E-state index contributed by atoms with van der Waals surface area (Å²) in [5.41, 5.74) is 0.970. The molecule has 1 saturated heterocycles. The lowest BCUT2D eigenvalue weighted by atomic mass is 10.0. The van der Waals surface area contributed by atoms with Crippen molar-refractivity contribution in [3.8, 4) is 0 Å².